The van der Waals surface area contributed by atoms with Gasteiger partial charge in [-0.25, -0.2) is 4.18 Å². The molecule has 0 aromatic carbocycles. The van der Waals surface area contributed by atoms with Crippen LogP contribution < -0.4 is 0 Å². The molecule has 1 saturated heterocycles. The lowest BCUT2D eigenvalue weighted by Gasteiger charge is -2.41. The van der Waals surface area contributed by atoms with Crippen LogP contribution in [0.25, 0.3) is 0 Å². The van der Waals surface area contributed by atoms with Crippen molar-refractivity contribution in [2.75, 3.05) is 26.4 Å². The number of esters is 1. The second-order valence-corrected chi connectivity index (χ2v) is 17.7. The highest BCUT2D eigenvalue weighted by Gasteiger charge is 2.48. The van der Waals surface area contributed by atoms with Gasteiger partial charge in [0.15, 0.2) is 6.29 Å². The van der Waals surface area contributed by atoms with Gasteiger partial charge in [0, 0.05) is 13.0 Å². The summed E-state index contributed by atoms with van der Waals surface area (Å²) in [5.74, 6) is -0.404. The Morgan fingerprint density at radius 1 is 0.619 bits per heavy atom. The molecule has 0 amide bonds. The van der Waals surface area contributed by atoms with E-state index in [1.54, 1.807) is 0 Å². The topological polar surface area (TPSA) is 178 Å². The molecule has 12 nitrogen and oxygen atoms in total. The van der Waals surface area contributed by atoms with Crippen LogP contribution in [-0.2, 0) is 38.3 Å². The largest absolute Gasteiger partial charge is 0.457 e. The van der Waals surface area contributed by atoms with E-state index < -0.39 is 59.8 Å². The minimum atomic E-state index is -5.06. The molecule has 63 heavy (non-hydrogen) atoms. The molecule has 1 rings (SSSR count). The van der Waals surface area contributed by atoms with Crippen LogP contribution in [0, 0.1) is 0 Å². The molecule has 1 aliphatic rings. The third-order valence-electron chi connectivity index (χ3n) is 10.9. The Morgan fingerprint density at radius 2 is 1.10 bits per heavy atom. The van der Waals surface area contributed by atoms with Crippen molar-refractivity contribution in [3.63, 3.8) is 0 Å². The van der Waals surface area contributed by atoms with E-state index in [0.717, 1.165) is 77.0 Å². The number of allylic oxidation sites excluding steroid dienone is 10. The minimum Gasteiger partial charge on any atom is -0.457 e. The summed E-state index contributed by atoms with van der Waals surface area (Å²) in [4.78, 5) is 12.8. The highest BCUT2D eigenvalue weighted by Crippen LogP contribution is 2.26. The lowest BCUT2D eigenvalue weighted by molar-refractivity contribution is -0.301. The number of hydrogen-bond donors (Lipinski definition) is 4. The SMILES string of the molecule is CC/C=C\C/C=C\C/C=C\C/C=C\C/C=C\CCCCCCCCCCOCC(COC1OC(CO)C(O)C(OS(=O)(=O)O)C1O)OC(=O)CCCCCCCCCCCCCC. The Morgan fingerprint density at radius 3 is 1.60 bits per heavy atom. The molecule has 0 saturated carbocycles. The molecular weight excluding hydrogens is 825 g/mol. The summed E-state index contributed by atoms with van der Waals surface area (Å²) >= 11 is 0. The van der Waals surface area contributed by atoms with E-state index in [9.17, 15) is 28.5 Å². The third-order valence-corrected chi connectivity index (χ3v) is 11.4. The van der Waals surface area contributed by atoms with E-state index in [0.29, 0.717) is 13.0 Å². The maximum atomic E-state index is 12.8. The smallest absolute Gasteiger partial charge is 0.397 e. The van der Waals surface area contributed by atoms with E-state index in [4.69, 9.17) is 23.5 Å². The van der Waals surface area contributed by atoms with Crippen molar-refractivity contribution in [2.24, 2.45) is 0 Å². The van der Waals surface area contributed by atoms with Crippen LogP contribution in [0.2, 0.25) is 0 Å². The summed E-state index contributed by atoms with van der Waals surface area (Å²) in [6.45, 7) is 3.85. The van der Waals surface area contributed by atoms with Crippen LogP contribution in [-0.4, -0.2) is 97.5 Å². The maximum Gasteiger partial charge on any atom is 0.397 e. The Labute approximate surface area is 382 Å². The van der Waals surface area contributed by atoms with Gasteiger partial charge < -0.3 is 34.3 Å². The fourth-order valence-corrected chi connectivity index (χ4v) is 7.74. The molecule has 0 aromatic rings. The van der Waals surface area contributed by atoms with Gasteiger partial charge in [0.1, 0.15) is 30.5 Å². The number of aliphatic hydroxyl groups is 3. The fourth-order valence-electron chi connectivity index (χ4n) is 7.23. The molecule has 1 heterocycles. The van der Waals surface area contributed by atoms with Crippen LogP contribution in [0.4, 0.5) is 0 Å². The molecule has 0 aliphatic carbocycles. The van der Waals surface area contributed by atoms with Crippen molar-refractivity contribution < 1.29 is 56.2 Å². The number of aliphatic hydroxyl groups excluding tert-OH is 3. The number of rotatable bonds is 42. The number of carbonyl (C=O) groups is 1. The zero-order valence-corrected chi connectivity index (χ0v) is 39.9. The summed E-state index contributed by atoms with van der Waals surface area (Å²) < 4.78 is 59.1. The van der Waals surface area contributed by atoms with Gasteiger partial charge >= 0.3 is 16.4 Å². The van der Waals surface area contributed by atoms with Crippen molar-refractivity contribution in [3.05, 3.63) is 60.8 Å². The Hall–Kier alpha value is -2.20. The third kappa shape index (κ3) is 34.8. The first kappa shape index (κ1) is 58.8. The molecule has 1 fully saturated rings. The Kier molecular flexibility index (Phi) is 38.5. The molecule has 0 aromatic heterocycles. The van der Waals surface area contributed by atoms with Crippen LogP contribution in [0.15, 0.2) is 60.8 Å². The molecule has 6 atom stereocenters. The van der Waals surface area contributed by atoms with Gasteiger partial charge in [0.25, 0.3) is 0 Å². The molecule has 1 aliphatic heterocycles. The second-order valence-electron chi connectivity index (χ2n) is 16.7. The lowest BCUT2D eigenvalue weighted by atomic mass is 9.99. The molecule has 366 valence electrons. The highest BCUT2D eigenvalue weighted by molar-refractivity contribution is 7.80. The van der Waals surface area contributed by atoms with E-state index in [2.05, 4.69) is 78.8 Å². The number of hydrogen-bond acceptors (Lipinski definition) is 11. The second kappa shape index (κ2) is 41.2. The van der Waals surface area contributed by atoms with E-state index >= 15 is 0 Å². The van der Waals surface area contributed by atoms with Gasteiger partial charge in [-0.2, -0.15) is 8.42 Å². The molecule has 0 radical (unpaired) electrons. The van der Waals surface area contributed by atoms with Crippen molar-refractivity contribution in [1.29, 1.82) is 0 Å². The summed E-state index contributed by atoms with van der Waals surface area (Å²) in [6, 6.07) is 0. The number of carbonyl (C=O) groups excluding carboxylic acids is 1. The van der Waals surface area contributed by atoms with Crippen molar-refractivity contribution in [2.45, 2.75) is 224 Å². The minimum absolute atomic E-state index is 0.0297. The van der Waals surface area contributed by atoms with E-state index in [1.807, 2.05) is 0 Å². The normalized spacial score (nSPS) is 20.4. The van der Waals surface area contributed by atoms with Gasteiger partial charge in [-0.15, -0.1) is 0 Å². The zero-order valence-electron chi connectivity index (χ0n) is 39.1. The summed E-state index contributed by atoms with van der Waals surface area (Å²) in [6.07, 6.45) is 42.5. The van der Waals surface area contributed by atoms with Gasteiger partial charge in [-0.05, 0) is 57.8 Å². The Bertz CT molecular complexity index is 1330. The van der Waals surface area contributed by atoms with Crippen LogP contribution >= 0.6 is 0 Å². The first-order valence-corrected chi connectivity index (χ1v) is 25.9. The van der Waals surface area contributed by atoms with Gasteiger partial charge in [-0.3, -0.25) is 9.35 Å². The number of ether oxygens (including phenoxy) is 4. The average molecular weight is 913 g/mol. The predicted molar refractivity (Wildman–Crippen MR) is 253 cm³/mol. The summed E-state index contributed by atoms with van der Waals surface area (Å²) in [5.41, 5.74) is 0. The first-order chi connectivity index (χ1) is 30.6. The van der Waals surface area contributed by atoms with Crippen LogP contribution in [0.1, 0.15) is 187 Å². The average Bonchev–Trinajstić information content (AvgIpc) is 3.26. The molecule has 13 heteroatoms. The molecule has 4 N–H and O–H groups in total. The van der Waals surface area contributed by atoms with Gasteiger partial charge in [0.2, 0.25) is 0 Å². The van der Waals surface area contributed by atoms with Crippen molar-refractivity contribution in [1.82, 2.24) is 0 Å². The molecular formula is C50H88O12S. The lowest BCUT2D eigenvalue weighted by Crippen LogP contribution is -2.60. The first-order valence-electron chi connectivity index (χ1n) is 24.5. The van der Waals surface area contributed by atoms with Crippen molar-refractivity contribution in [3.8, 4) is 0 Å². The van der Waals surface area contributed by atoms with Gasteiger partial charge in [-0.1, -0.05) is 184 Å². The number of unbranched alkanes of at least 4 members (excludes halogenated alkanes) is 19. The fraction of sp³-hybridized carbons (Fsp3) is 0.780. The predicted octanol–water partition coefficient (Wildman–Crippen LogP) is 10.9. The molecule has 6 unspecified atom stereocenters. The maximum absolute atomic E-state index is 12.8. The van der Waals surface area contributed by atoms with E-state index in [1.165, 1.54) is 83.5 Å². The van der Waals surface area contributed by atoms with Crippen LogP contribution in [0.5, 0.6) is 0 Å². The Balaban J connectivity index is 2.35. The van der Waals surface area contributed by atoms with Crippen LogP contribution in [0.3, 0.4) is 0 Å². The summed E-state index contributed by atoms with van der Waals surface area (Å²) in [7, 11) is -5.06. The summed E-state index contributed by atoms with van der Waals surface area (Å²) in [5, 5.41) is 30.7. The quantitative estimate of drug-likeness (QED) is 0.0197. The van der Waals surface area contributed by atoms with Gasteiger partial charge in [0.05, 0.1) is 19.8 Å². The molecule has 0 spiro atoms. The van der Waals surface area contributed by atoms with Crippen molar-refractivity contribution >= 4 is 16.4 Å². The standard InChI is InChI=1S/C50H88O12S/c1-3-5-7-9-11-13-15-17-18-19-20-21-22-23-24-25-26-27-28-30-32-34-36-38-40-58-42-44(60-46(52)39-37-35-33-31-29-16-14-12-10-8-6-4-2)43-59-50-48(54)49(62-63(55,56)57)47(53)45(41-51)61-50/h5,7,11,13,17-18,20-21,23-24,44-45,47-51,53-54H,3-4,6,8-10,12,14-16,19,22,25-43H2,1-2H3,(H,55,56,57)/b7-5-,13-11-,18-17-,21-20-,24-23-. The zero-order chi connectivity index (χ0) is 46.1. The monoisotopic (exact) mass is 913 g/mol. The van der Waals surface area contributed by atoms with E-state index in [-0.39, 0.29) is 19.6 Å². The highest BCUT2D eigenvalue weighted by atomic mass is 32.3. The molecule has 0 bridgehead atoms.